The van der Waals surface area contributed by atoms with Gasteiger partial charge in [0.25, 0.3) is 6.43 Å². The highest BCUT2D eigenvalue weighted by molar-refractivity contribution is 6.35. The van der Waals surface area contributed by atoms with E-state index in [-0.39, 0.29) is 22.3 Å². The Labute approximate surface area is 89.5 Å². The SMILES string of the molecule is N=C(N)c1ccnc(OCC(F)F)c1Cl. The fourth-order valence-corrected chi connectivity index (χ4v) is 1.14. The Kier molecular flexibility index (Phi) is 3.79. The van der Waals surface area contributed by atoms with Crippen molar-refractivity contribution in [2.24, 2.45) is 5.73 Å². The number of rotatable bonds is 4. The van der Waals surface area contributed by atoms with E-state index in [4.69, 9.17) is 22.7 Å². The lowest BCUT2D eigenvalue weighted by Crippen LogP contribution is -2.14. The molecule has 0 bridgehead atoms. The molecule has 0 aromatic carbocycles. The van der Waals surface area contributed by atoms with Gasteiger partial charge in [0.1, 0.15) is 10.9 Å². The van der Waals surface area contributed by atoms with Gasteiger partial charge in [0.15, 0.2) is 6.61 Å². The van der Waals surface area contributed by atoms with E-state index in [0.717, 1.165) is 0 Å². The number of hydrogen-bond donors (Lipinski definition) is 2. The van der Waals surface area contributed by atoms with Crippen LogP contribution in [-0.4, -0.2) is 23.9 Å². The van der Waals surface area contributed by atoms with Crippen LogP contribution >= 0.6 is 11.6 Å². The van der Waals surface area contributed by atoms with Crippen LogP contribution in [0.25, 0.3) is 0 Å². The van der Waals surface area contributed by atoms with Crippen molar-refractivity contribution in [1.29, 1.82) is 5.41 Å². The molecule has 0 aliphatic rings. The third-order valence-electron chi connectivity index (χ3n) is 1.49. The zero-order chi connectivity index (χ0) is 11.4. The largest absolute Gasteiger partial charge is 0.471 e. The molecule has 0 unspecified atom stereocenters. The number of ether oxygens (including phenoxy) is 1. The molecule has 0 radical (unpaired) electrons. The Morgan fingerprint density at radius 3 is 2.87 bits per heavy atom. The predicted octanol–water partition coefficient (Wildman–Crippen LogP) is 1.66. The average molecular weight is 236 g/mol. The molecule has 0 atom stereocenters. The van der Waals surface area contributed by atoms with Crippen LogP contribution in [0.3, 0.4) is 0 Å². The number of nitrogen functional groups attached to an aromatic ring is 1. The fourth-order valence-electron chi connectivity index (χ4n) is 0.875. The molecule has 1 heterocycles. The Balaban J connectivity index is 2.89. The summed E-state index contributed by atoms with van der Waals surface area (Å²) in [6.45, 7) is -0.798. The number of amidine groups is 1. The van der Waals surface area contributed by atoms with Crippen molar-refractivity contribution < 1.29 is 13.5 Å². The van der Waals surface area contributed by atoms with E-state index < -0.39 is 13.0 Å². The maximum atomic E-state index is 11.8. The van der Waals surface area contributed by atoms with Gasteiger partial charge < -0.3 is 10.5 Å². The normalized spacial score (nSPS) is 10.4. The molecule has 4 nitrogen and oxygen atoms in total. The third-order valence-corrected chi connectivity index (χ3v) is 1.86. The number of aromatic nitrogens is 1. The minimum atomic E-state index is -2.61. The third kappa shape index (κ3) is 3.02. The quantitative estimate of drug-likeness (QED) is 0.616. The van der Waals surface area contributed by atoms with Crippen LogP contribution in [0.4, 0.5) is 8.78 Å². The minimum Gasteiger partial charge on any atom is -0.471 e. The fraction of sp³-hybridized carbons (Fsp3) is 0.250. The van der Waals surface area contributed by atoms with Crippen LogP contribution in [-0.2, 0) is 0 Å². The molecule has 1 aromatic rings. The summed E-state index contributed by atoms with van der Waals surface area (Å²) in [7, 11) is 0. The highest BCUT2D eigenvalue weighted by atomic mass is 35.5. The summed E-state index contributed by atoms with van der Waals surface area (Å²) in [6.07, 6.45) is -1.33. The first-order valence-corrected chi connectivity index (χ1v) is 4.30. The second-order valence-corrected chi connectivity index (χ2v) is 2.97. The summed E-state index contributed by atoms with van der Waals surface area (Å²) in [4.78, 5) is 3.65. The Hall–Kier alpha value is -1.43. The summed E-state index contributed by atoms with van der Waals surface area (Å²) < 4.78 is 28.3. The van der Waals surface area contributed by atoms with Crippen LogP contribution in [0.15, 0.2) is 12.3 Å². The number of pyridine rings is 1. The molecule has 3 N–H and O–H groups in total. The number of alkyl halides is 2. The van der Waals surface area contributed by atoms with Crippen molar-refractivity contribution in [1.82, 2.24) is 4.98 Å². The summed E-state index contributed by atoms with van der Waals surface area (Å²) >= 11 is 5.73. The van der Waals surface area contributed by atoms with Crippen molar-refractivity contribution >= 4 is 17.4 Å². The molecule has 82 valence electrons. The van der Waals surface area contributed by atoms with Crippen molar-refractivity contribution in [3.05, 3.63) is 22.8 Å². The van der Waals surface area contributed by atoms with Crippen molar-refractivity contribution in [2.45, 2.75) is 6.43 Å². The average Bonchev–Trinajstić information content (AvgIpc) is 2.15. The Bertz CT molecular complexity index is 373. The van der Waals surface area contributed by atoms with Gasteiger partial charge in [-0.1, -0.05) is 11.6 Å². The van der Waals surface area contributed by atoms with Gasteiger partial charge in [-0.15, -0.1) is 0 Å². The van der Waals surface area contributed by atoms with Crippen LogP contribution in [0.1, 0.15) is 5.56 Å². The molecule has 0 spiro atoms. The molecular formula is C8H8ClF2N3O. The molecule has 0 saturated heterocycles. The molecule has 0 fully saturated rings. The number of nitrogens with two attached hydrogens (primary N) is 1. The monoisotopic (exact) mass is 235 g/mol. The molecular weight excluding hydrogens is 228 g/mol. The topological polar surface area (TPSA) is 72.0 Å². The van der Waals surface area contributed by atoms with Gasteiger partial charge in [-0.25, -0.2) is 13.8 Å². The maximum absolute atomic E-state index is 11.8. The van der Waals surface area contributed by atoms with Crippen LogP contribution in [0.5, 0.6) is 5.88 Å². The minimum absolute atomic E-state index is 0.0364. The Morgan fingerprint density at radius 2 is 2.33 bits per heavy atom. The molecule has 0 aliphatic carbocycles. The van der Waals surface area contributed by atoms with Gasteiger partial charge in [-0.3, -0.25) is 5.41 Å². The smallest absolute Gasteiger partial charge is 0.272 e. The van der Waals surface area contributed by atoms with Crippen LogP contribution in [0, 0.1) is 5.41 Å². The second kappa shape index (κ2) is 4.88. The van der Waals surface area contributed by atoms with Crippen molar-refractivity contribution in [2.75, 3.05) is 6.61 Å². The maximum Gasteiger partial charge on any atom is 0.272 e. The lowest BCUT2D eigenvalue weighted by molar-refractivity contribution is 0.0796. The summed E-state index contributed by atoms with van der Waals surface area (Å²) in [5, 5.41) is 7.11. The van der Waals surface area contributed by atoms with Gasteiger partial charge in [-0.2, -0.15) is 0 Å². The first-order valence-electron chi connectivity index (χ1n) is 3.92. The molecule has 15 heavy (non-hydrogen) atoms. The summed E-state index contributed by atoms with van der Waals surface area (Å²) in [5.74, 6) is -0.422. The number of nitrogens with one attached hydrogen (secondary N) is 1. The van der Waals surface area contributed by atoms with Gasteiger partial charge in [0, 0.05) is 11.8 Å². The van der Waals surface area contributed by atoms with Crippen LogP contribution in [0.2, 0.25) is 5.02 Å². The van der Waals surface area contributed by atoms with E-state index in [1.54, 1.807) is 0 Å². The predicted molar refractivity (Wildman–Crippen MR) is 51.8 cm³/mol. The molecule has 1 aromatic heterocycles. The van der Waals surface area contributed by atoms with Gasteiger partial charge in [0.05, 0.1) is 0 Å². The van der Waals surface area contributed by atoms with E-state index in [9.17, 15) is 8.78 Å². The molecule has 0 saturated carbocycles. The number of hydrogen-bond acceptors (Lipinski definition) is 3. The highest BCUT2D eigenvalue weighted by Gasteiger charge is 2.12. The molecule has 0 amide bonds. The van der Waals surface area contributed by atoms with Gasteiger partial charge >= 0.3 is 0 Å². The highest BCUT2D eigenvalue weighted by Crippen LogP contribution is 2.25. The van der Waals surface area contributed by atoms with Gasteiger partial charge in [0.2, 0.25) is 5.88 Å². The van der Waals surface area contributed by atoms with E-state index in [2.05, 4.69) is 9.72 Å². The number of halogens is 3. The molecule has 0 aliphatic heterocycles. The summed E-state index contributed by atoms with van der Waals surface area (Å²) in [6, 6.07) is 1.40. The summed E-state index contributed by atoms with van der Waals surface area (Å²) in [5.41, 5.74) is 5.41. The number of nitrogens with zero attached hydrogens (tertiary/aromatic N) is 1. The van der Waals surface area contributed by atoms with Crippen molar-refractivity contribution in [3.63, 3.8) is 0 Å². The van der Waals surface area contributed by atoms with Crippen molar-refractivity contribution in [3.8, 4) is 5.88 Å². The first-order chi connectivity index (χ1) is 7.02. The van der Waals surface area contributed by atoms with E-state index in [1.165, 1.54) is 12.3 Å². The first kappa shape index (κ1) is 11.6. The lowest BCUT2D eigenvalue weighted by atomic mass is 10.2. The molecule has 1 rings (SSSR count). The van der Waals surface area contributed by atoms with E-state index >= 15 is 0 Å². The molecule has 7 heteroatoms. The lowest BCUT2D eigenvalue weighted by Gasteiger charge is -2.08. The van der Waals surface area contributed by atoms with Gasteiger partial charge in [-0.05, 0) is 6.07 Å². The zero-order valence-corrected chi connectivity index (χ0v) is 8.26. The van der Waals surface area contributed by atoms with Crippen LogP contribution < -0.4 is 10.5 Å². The standard InChI is InChI=1S/C8H8ClF2N3O/c9-6-4(7(12)13)1-2-14-8(6)15-3-5(10)11/h1-2,5H,3H2,(H3,12,13). The van der Waals surface area contributed by atoms with E-state index in [0.29, 0.717) is 0 Å². The zero-order valence-electron chi connectivity index (χ0n) is 7.51. The van der Waals surface area contributed by atoms with E-state index in [1.807, 2.05) is 0 Å². The second-order valence-electron chi connectivity index (χ2n) is 2.59. The Morgan fingerprint density at radius 1 is 1.67 bits per heavy atom.